The zero-order valence-electron chi connectivity index (χ0n) is 35.1. The molecular weight excluding hydrogens is 955 g/mol. The number of hydrogen-bond acceptors (Lipinski definition) is 4. The van der Waals surface area contributed by atoms with Gasteiger partial charge in [0.05, 0.1) is 36.1 Å². The number of halogens is 2. The molecule has 0 aliphatic heterocycles. The summed E-state index contributed by atoms with van der Waals surface area (Å²) in [5.41, 5.74) is 11.1. The number of benzene rings is 6. The smallest absolute Gasteiger partial charge is 0.138 e. The molecule has 6 aromatic carbocycles. The SMILES string of the molecule is CC(C)c1cc(-c2ccccc2)cc(C(C)C)c1-n1c(-c2[c-]ccc3c2oc2c(C#N)cc(F)cc23)nc2ccccc21.C[Si](C)(C)c1ccc(-c2[c-]cc(F)cc2)nc1.[Ir]. The molecule has 0 aliphatic rings. The number of pyridine rings is 1. The summed E-state index contributed by atoms with van der Waals surface area (Å²) < 4.78 is 35.9. The van der Waals surface area contributed by atoms with Gasteiger partial charge >= 0.3 is 0 Å². The molecule has 9 heteroatoms. The van der Waals surface area contributed by atoms with E-state index in [9.17, 15) is 14.0 Å². The Hall–Kier alpha value is -6.04. The summed E-state index contributed by atoms with van der Waals surface area (Å²) in [7, 11) is -1.30. The third-order valence-electron chi connectivity index (χ3n) is 10.8. The molecule has 0 N–H and O–H groups in total. The average Bonchev–Trinajstić information content (AvgIpc) is 3.82. The van der Waals surface area contributed by atoms with Crippen LogP contribution in [0.5, 0.6) is 0 Å². The fourth-order valence-electron chi connectivity index (χ4n) is 7.66. The van der Waals surface area contributed by atoms with Gasteiger partial charge in [0.2, 0.25) is 0 Å². The molecule has 5 nitrogen and oxygen atoms in total. The van der Waals surface area contributed by atoms with Crippen LogP contribution in [0.3, 0.4) is 0 Å². The Balaban J connectivity index is 0.000000262. The van der Waals surface area contributed by atoms with Crippen molar-refractivity contribution in [3.05, 3.63) is 168 Å². The first-order valence-electron chi connectivity index (χ1n) is 20.1. The Kier molecular flexibility index (Phi) is 12.4. The van der Waals surface area contributed by atoms with Crippen LogP contribution in [0, 0.1) is 35.1 Å². The normalized spacial score (nSPS) is 11.5. The summed E-state index contributed by atoms with van der Waals surface area (Å²) in [4.78, 5) is 9.58. The number of nitrogens with zero attached hydrogens (tertiary/aromatic N) is 4. The third kappa shape index (κ3) is 8.49. The third-order valence-corrected chi connectivity index (χ3v) is 12.9. The van der Waals surface area contributed by atoms with E-state index in [1.54, 1.807) is 6.07 Å². The predicted molar refractivity (Wildman–Crippen MR) is 242 cm³/mol. The predicted octanol–water partition coefficient (Wildman–Crippen LogP) is 13.5. The quantitative estimate of drug-likeness (QED) is 0.118. The number of imidazole rings is 1. The van der Waals surface area contributed by atoms with E-state index in [2.05, 4.69) is 124 Å². The van der Waals surface area contributed by atoms with Crippen molar-refractivity contribution in [2.45, 2.75) is 59.2 Å². The summed E-state index contributed by atoms with van der Waals surface area (Å²) in [6, 6.07) is 46.4. The molecule has 1 radical (unpaired) electrons. The van der Waals surface area contributed by atoms with E-state index in [0.29, 0.717) is 33.3 Å². The summed E-state index contributed by atoms with van der Waals surface area (Å²) in [6.07, 6.45) is 1.93. The van der Waals surface area contributed by atoms with Crippen LogP contribution >= 0.6 is 0 Å². The van der Waals surface area contributed by atoms with Crippen LogP contribution < -0.4 is 5.19 Å². The topological polar surface area (TPSA) is 67.6 Å². The minimum absolute atomic E-state index is 0. The van der Waals surface area contributed by atoms with Crippen LogP contribution in [0.4, 0.5) is 8.78 Å². The zero-order chi connectivity index (χ0) is 42.3. The molecule has 9 aromatic rings. The number of aromatic nitrogens is 3. The Morgan fingerprint density at radius 3 is 2.07 bits per heavy atom. The van der Waals surface area contributed by atoms with Crippen LogP contribution in [0.15, 0.2) is 132 Å². The van der Waals surface area contributed by atoms with Crippen molar-refractivity contribution in [2.75, 3.05) is 0 Å². The van der Waals surface area contributed by atoms with E-state index in [4.69, 9.17) is 9.40 Å². The second-order valence-electron chi connectivity index (χ2n) is 16.7. The summed E-state index contributed by atoms with van der Waals surface area (Å²) >= 11 is 0. The number of fused-ring (bicyclic) bond motifs is 4. The molecule has 0 saturated carbocycles. The molecule has 0 aliphatic carbocycles. The Morgan fingerprint density at radius 2 is 1.44 bits per heavy atom. The second-order valence-corrected chi connectivity index (χ2v) is 21.8. The van der Waals surface area contributed by atoms with E-state index < -0.39 is 13.9 Å². The second kappa shape index (κ2) is 17.5. The fourth-order valence-corrected chi connectivity index (χ4v) is 8.69. The number of furan rings is 1. The van der Waals surface area contributed by atoms with Crippen molar-refractivity contribution in [2.24, 2.45) is 0 Å². The van der Waals surface area contributed by atoms with Crippen molar-refractivity contribution < 1.29 is 33.3 Å². The van der Waals surface area contributed by atoms with Gasteiger partial charge in [-0.05, 0) is 81.4 Å². The molecule has 0 atom stereocenters. The maximum atomic E-state index is 14.5. The van der Waals surface area contributed by atoms with E-state index in [1.807, 2.05) is 48.7 Å². The molecule has 0 spiro atoms. The molecule has 307 valence electrons. The zero-order valence-corrected chi connectivity index (χ0v) is 38.5. The van der Waals surface area contributed by atoms with Crippen LogP contribution in [0.2, 0.25) is 19.6 Å². The van der Waals surface area contributed by atoms with Gasteiger partial charge in [0.1, 0.15) is 17.5 Å². The molecule has 0 fully saturated rings. The molecule has 9 rings (SSSR count). The van der Waals surface area contributed by atoms with Gasteiger partial charge in [-0.1, -0.05) is 113 Å². The number of nitriles is 1. The summed E-state index contributed by atoms with van der Waals surface area (Å²) in [6.45, 7) is 15.7. The Morgan fingerprint density at radius 1 is 0.738 bits per heavy atom. The monoisotopic (exact) mass is 999 g/mol. The molecule has 0 bridgehead atoms. The van der Waals surface area contributed by atoms with Crippen molar-refractivity contribution in [3.8, 4) is 45.5 Å². The van der Waals surface area contributed by atoms with Crippen LogP contribution in [0.25, 0.3) is 72.4 Å². The van der Waals surface area contributed by atoms with Gasteiger partial charge in [-0.25, -0.2) is 4.39 Å². The first kappa shape index (κ1) is 43.1. The van der Waals surface area contributed by atoms with Crippen LogP contribution in [-0.2, 0) is 20.1 Å². The first-order chi connectivity index (χ1) is 28.8. The minimum atomic E-state index is -1.30. The molecule has 0 unspecified atom stereocenters. The van der Waals surface area contributed by atoms with Gasteiger partial charge in [0.15, 0.2) is 0 Å². The maximum absolute atomic E-state index is 14.5. The van der Waals surface area contributed by atoms with Gasteiger partial charge in [0, 0.05) is 43.2 Å². The maximum Gasteiger partial charge on any atom is 0.138 e. The van der Waals surface area contributed by atoms with E-state index >= 15 is 0 Å². The number of hydrogen-bond donors (Lipinski definition) is 0. The summed E-state index contributed by atoms with van der Waals surface area (Å²) in [5, 5.41) is 12.3. The Labute approximate surface area is 370 Å². The van der Waals surface area contributed by atoms with Crippen molar-refractivity contribution in [1.29, 1.82) is 5.26 Å². The first-order valence-corrected chi connectivity index (χ1v) is 23.6. The largest absolute Gasteiger partial charge is 0.499 e. The molecule has 0 saturated heterocycles. The van der Waals surface area contributed by atoms with E-state index in [1.165, 1.54) is 51.7 Å². The Bertz CT molecular complexity index is 3020. The van der Waals surface area contributed by atoms with Gasteiger partial charge in [-0.15, -0.1) is 48.0 Å². The molecule has 61 heavy (non-hydrogen) atoms. The fraction of sp³-hybridized carbons (Fsp3) is 0.173. The van der Waals surface area contributed by atoms with E-state index in [0.717, 1.165) is 28.0 Å². The van der Waals surface area contributed by atoms with Gasteiger partial charge in [-0.3, -0.25) is 9.37 Å². The molecule has 3 heterocycles. The van der Waals surface area contributed by atoms with Crippen molar-refractivity contribution >= 4 is 46.2 Å². The molecule has 3 aromatic heterocycles. The van der Waals surface area contributed by atoms with E-state index in [-0.39, 0.29) is 43.3 Å². The molecular formula is C52H44F2IrN4OSi-2. The van der Waals surface area contributed by atoms with Crippen molar-refractivity contribution in [1.82, 2.24) is 14.5 Å². The van der Waals surface area contributed by atoms with Crippen molar-refractivity contribution in [3.63, 3.8) is 0 Å². The van der Waals surface area contributed by atoms with Crippen LogP contribution in [0.1, 0.15) is 56.2 Å². The standard InChI is InChI=1S/C38H29FN3O.C14H15FNSi.Ir/c1-22(2)30-18-25(24-11-6-5-7-12-24)19-31(23(3)4)35(30)42-34-16-9-8-15-33(34)41-38(42)29-14-10-13-28-32-20-27(39)17-26(21-40)36(32)43-37(28)29;1-17(2,3)13-8-9-14(16-10-13)11-4-6-12(15)7-5-11;/h5-13,15-20,22-23H,1-4H3;4,6-10H,1-3H3;/q2*-1;. The number of para-hydroxylation sites is 2. The minimum Gasteiger partial charge on any atom is -0.499 e. The summed E-state index contributed by atoms with van der Waals surface area (Å²) in [5.74, 6) is 0.373. The van der Waals surface area contributed by atoms with Gasteiger partial charge in [-0.2, -0.15) is 5.26 Å². The van der Waals surface area contributed by atoms with Gasteiger partial charge < -0.3 is 14.0 Å². The number of rotatable bonds is 7. The van der Waals surface area contributed by atoms with Crippen LogP contribution in [-0.4, -0.2) is 22.6 Å². The molecule has 0 amide bonds. The average molecular weight is 999 g/mol. The van der Waals surface area contributed by atoms with Gasteiger partial charge in [0.25, 0.3) is 0 Å².